The second-order valence-electron chi connectivity index (χ2n) is 9.89. The van der Waals surface area contributed by atoms with Gasteiger partial charge < -0.3 is 50.5 Å². The van der Waals surface area contributed by atoms with E-state index in [2.05, 4.69) is 10.6 Å². The van der Waals surface area contributed by atoms with Gasteiger partial charge in [-0.05, 0) is 24.3 Å². The standard InChI is InChI=1S/C26H40N6O10.Gd/c33-18-21(34)13-27-26(42)19-1-3-20(4-2-19)28-22(35)14-29-5-7-30(15-23(36)37)9-11-32(17-25(40)41)12-10-31(8-6-29)16-24(38)39;/h1-4,21,33-34H,5-18H2,(H,27,42)(H,28,35)(H,36,37)(H,38,39)(H,40,41);/q;+3/p-3. The Morgan fingerprint density at radius 3 is 1.42 bits per heavy atom. The molecule has 1 unspecified atom stereocenters. The van der Waals surface area contributed by atoms with Crippen molar-refractivity contribution < 1.29 is 89.4 Å². The molecule has 1 fully saturated rings. The molecule has 1 aliphatic heterocycles. The van der Waals surface area contributed by atoms with Crippen LogP contribution in [0.2, 0.25) is 0 Å². The van der Waals surface area contributed by atoms with Gasteiger partial charge in [0.2, 0.25) is 5.91 Å². The molecule has 1 aliphatic rings. The fraction of sp³-hybridized carbons (Fsp3) is 0.577. The normalized spacial score (nSPS) is 17.0. The number of carbonyl (C=O) groups is 5. The van der Waals surface area contributed by atoms with Gasteiger partial charge in [-0.3, -0.25) is 29.2 Å². The van der Waals surface area contributed by atoms with E-state index in [1.807, 2.05) is 0 Å². The van der Waals surface area contributed by atoms with Gasteiger partial charge in [-0.1, -0.05) is 0 Å². The van der Waals surface area contributed by atoms with Gasteiger partial charge in [-0.2, -0.15) is 0 Å². The molecular weight excluding hydrogens is 714 g/mol. The van der Waals surface area contributed by atoms with Crippen LogP contribution in [0.25, 0.3) is 0 Å². The first-order valence-electron chi connectivity index (χ1n) is 13.4. The molecule has 43 heavy (non-hydrogen) atoms. The molecule has 0 spiro atoms. The fourth-order valence-corrected chi connectivity index (χ4v) is 4.24. The first kappa shape index (κ1) is 38.7. The monoisotopic (exact) mass is 751 g/mol. The van der Waals surface area contributed by atoms with Gasteiger partial charge in [0.1, 0.15) is 0 Å². The number of hydrogen-bond acceptors (Lipinski definition) is 14. The van der Waals surface area contributed by atoms with E-state index in [4.69, 9.17) is 5.11 Å². The van der Waals surface area contributed by atoms with Gasteiger partial charge in [0, 0.05) is 89.8 Å². The fourth-order valence-electron chi connectivity index (χ4n) is 4.24. The van der Waals surface area contributed by atoms with E-state index in [0.29, 0.717) is 5.69 Å². The maximum atomic E-state index is 12.9. The quantitative estimate of drug-likeness (QED) is 0.147. The Labute approximate surface area is 281 Å². The van der Waals surface area contributed by atoms with Crippen LogP contribution in [0.5, 0.6) is 0 Å². The second-order valence-corrected chi connectivity index (χ2v) is 9.89. The zero-order chi connectivity index (χ0) is 31.1. The number of nitrogens with zero attached hydrogens (tertiary/aromatic N) is 4. The zero-order valence-electron chi connectivity index (χ0n) is 23.6. The molecule has 2 rings (SSSR count). The van der Waals surface area contributed by atoms with Gasteiger partial charge >= 0.3 is 39.9 Å². The van der Waals surface area contributed by atoms with Crippen molar-refractivity contribution in [3.63, 3.8) is 0 Å². The van der Waals surface area contributed by atoms with Gasteiger partial charge in [0.05, 0.1) is 37.2 Å². The SMILES string of the molecule is O=C([O-])CN1CCN(CC(=O)[O-])CCN(CC(=O)Nc2ccc(C(=O)NCC(O)CO)cc2)CCN(CC(=O)[O-])CC1.[Gd+3]. The van der Waals surface area contributed by atoms with Crippen molar-refractivity contribution in [2.45, 2.75) is 6.10 Å². The summed E-state index contributed by atoms with van der Waals surface area (Å²) >= 11 is 0. The van der Waals surface area contributed by atoms with Crippen molar-refractivity contribution in [3.05, 3.63) is 29.8 Å². The van der Waals surface area contributed by atoms with Gasteiger partial charge in [0.15, 0.2) is 0 Å². The number of rotatable bonds is 13. The van der Waals surface area contributed by atoms with Gasteiger partial charge in [0.25, 0.3) is 5.91 Å². The van der Waals surface area contributed by atoms with Crippen molar-refractivity contribution in [1.82, 2.24) is 24.9 Å². The Morgan fingerprint density at radius 1 is 0.698 bits per heavy atom. The van der Waals surface area contributed by atoms with E-state index in [-0.39, 0.29) is 111 Å². The molecule has 17 heteroatoms. The summed E-state index contributed by atoms with van der Waals surface area (Å²) in [6.45, 7) is -0.195. The summed E-state index contributed by atoms with van der Waals surface area (Å²) in [4.78, 5) is 65.2. The van der Waals surface area contributed by atoms with E-state index in [0.717, 1.165) is 0 Å². The van der Waals surface area contributed by atoms with Crippen LogP contribution in [0.3, 0.4) is 0 Å². The minimum absolute atomic E-state index is 0. The predicted molar refractivity (Wildman–Crippen MR) is 141 cm³/mol. The van der Waals surface area contributed by atoms with Crippen LogP contribution in [-0.4, -0.2) is 157 Å². The van der Waals surface area contributed by atoms with Crippen LogP contribution < -0.4 is 26.0 Å². The number of carboxylic acid groups (broad SMARTS) is 3. The van der Waals surface area contributed by atoms with Crippen molar-refractivity contribution in [1.29, 1.82) is 0 Å². The minimum atomic E-state index is -1.31. The van der Waals surface area contributed by atoms with E-state index >= 15 is 0 Å². The number of aliphatic hydroxyl groups excluding tert-OH is 2. The Hall–Kier alpha value is -2.35. The number of hydrogen-bond donors (Lipinski definition) is 4. The van der Waals surface area contributed by atoms with Gasteiger partial charge in [-0.15, -0.1) is 0 Å². The number of benzene rings is 1. The Morgan fingerprint density at radius 2 is 1.07 bits per heavy atom. The summed E-state index contributed by atoms with van der Waals surface area (Å²) in [6.07, 6.45) is -1.08. The molecule has 0 saturated carbocycles. The number of nitrogens with one attached hydrogen (secondary N) is 2. The average molecular weight is 751 g/mol. The first-order valence-corrected chi connectivity index (χ1v) is 13.4. The molecule has 1 aromatic carbocycles. The maximum absolute atomic E-state index is 12.9. The van der Waals surface area contributed by atoms with Crippen molar-refractivity contribution in [2.24, 2.45) is 0 Å². The largest absolute Gasteiger partial charge is 3.00 e. The number of amides is 2. The molecule has 1 radical (unpaired) electrons. The smallest absolute Gasteiger partial charge is 0.549 e. The minimum Gasteiger partial charge on any atom is -0.549 e. The molecule has 2 amide bonds. The topological polar surface area (TPSA) is 232 Å². The Balaban J connectivity index is 0.00000924. The summed E-state index contributed by atoms with van der Waals surface area (Å²) in [5.74, 6) is -4.79. The van der Waals surface area contributed by atoms with Crippen molar-refractivity contribution in [3.8, 4) is 0 Å². The Kier molecular flexibility index (Phi) is 18.5. The third-order valence-corrected chi connectivity index (χ3v) is 6.49. The summed E-state index contributed by atoms with van der Waals surface area (Å²) in [6, 6.07) is 6.00. The molecule has 239 valence electrons. The summed E-state index contributed by atoms with van der Waals surface area (Å²) < 4.78 is 0. The molecule has 1 atom stereocenters. The van der Waals surface area contributed by atoms with E-state index in [9.17, 15) is 44.4 Å². The molecule has 1 heterocycles. The Bertz CT molecular complexity index is 1030. The van der Waals surface area contributed by atoms with E-state index < -0.39 is 62.1 Å². The van der Waals surface area contributed by atoms with Crippen molar-refractivity contribution >= 4 is 35.4 Å². The summed E-state index contributed by atoms with van der Waals surface area (Å²) in [7, 11) is 0. The third-order valence-electron chi connectivity index (χ3n) is 6.49. The number of aliphatic hydroxyl groups is 2. The molecule has 0 bridgehead atoms. The molecule has 1 aromatic rings. The van der Waals surface area contributed by atoms with Crippen LogP contribution in [0.15, 0.2) is 24.3 Å². The summed E-state index contributed by atoms with van der Waals surface area (Å²) in [5, 5.41) is 57.2. The molecule has 1 saturated heterocycles. The molecule has 0 aromatic heterocycles. The third kappa shape index (κ3) is 16.3. The number of carboxylic acids is 3. The van der Waals surface area contributed by atoms with Crippen LogP contribution >= 0.6 is 0 Å². The first-order chi connectivity index (χ1) is 19.9. The van der Waals surface area contributed by atoms with Crippen LogP contribution in [0, 0.1) is 39.9 Å². The van der Waals surface area contributed by atoms with E-state index in [1.54, 1.807) is 19.6 Å². The number of carbonyl (C=O) groups excluding carboxylic acids is 5. The molecule has 0 aliphatic carbocycles. The number of anilines is 1. The average Bonchev–Trinajstić information content (AvgIpc) is 2.92. The van der Waals surface area contributed by atoms with Crippen LogP contribution in [0.4, 0.5) is 5.69 Å². The van der Waals surface area contributed by atoms with E-state index in [1.165, 1.54) is 24.3 Å². The molecular formula is C26H37GdN6O10. The summed E-state index contributed by atoms with van der Waals surface area (Å²) in [5.41, 5.74) is 0.687. The predicted octanol–water partition coefficient (Wildman–Crippen LogP) is -6.82. The number of aliphatic carboxylic acids is 3. The van der Waals surface area contributed by atoms with Crippen LogP contribution in [0.1, 0.15) is 10.4 Å². The maximum Gasteiger partial charge on any atom is 3.00 e. The second kappa shape index (κ2) is 20.6. The van der Waals surface area contributed by atoms with Crippen molar-refractivity contribution in [2.75, 3.05) is 97.0 Å². The molecule has 4 N–H and O–H groups in total. The van der Waals surface area contributed by atoms with Crippen LogP contribution in [-0.2, 0) is 19.2 Å². The molecule has 16 nitrogen and oxygen atoms in total. The zero-order valence-corrected chi connectivity index (χ0v) is 25.9. The van der Waals surface area contributed by atoms with Gasteiger partial charge in [-0.25, -0.2) is 0 Å².